The molecule has 0 atom stereocenters. The van der Waals surface area contributed by atoms with Crippen LogP contribution in [0.4, 0.5) is 5.69 Å². The number of amides is 1. The Bertz CT molecular complexity index is 1520. The minimum absolute atomic E-state index is 0.0681. The van der Waals surface area contributed by atoms with Crippen molar-refractivity contribution in [1.29, 1.82) is 5.26 Å². The zero-order valence-corrected chi connectivity index (χ0v) is 22.7. The number of rotatable bonds is 8. The van der Waals surface area contributed by atoms with E-state index in [1.54, 1.807) is 36.4 Å². The van der Waals surface area contributed by atoms with Gasteiger partial charge in [-0.05, 0) is 78.2 Å². The van der Waals surface area contributed by atoms with E-state index in [0.29, 0.717) is 41.0 Å². The first-order valence-corrected chi connectivity index (χ1v) is 12.8. The lowest BCUT2D eigenvalue weighted by molar-refractivity contribution is -0.112. The van der Waals surface area contributed by atoms with Crippen LogP contribution in [0.1, 0.15) is 23.6 Å². The largest absolute Gasteiger partial charge is 0.490 e. The summed E-state index contributed by atoms with van der Waals surface area (Å²) in [7, 11) is 0. The Kier molecular flexibility index (Phi) is 8.50. The van der Waals surface area contributed by atoms with Gasteiger partial charge in [-0.3, -0.25) is 4.79 Å². The van der Waals surface area contributed by atoms with Gasteiger partial charge in [-0.15, -0.1) is 0 Å². The second kappa shape index (κ2) is 12.0. The summed E-state index contributed by atoms with van der Waals surface area (Å²) >= 11 is 9.98. The van der Waals surface area contributed by atoms with Crippen molar-refractivity contribution in [3.63, 3.8) is 0 Å². The maximum Gasteiger partial charge on any atom is 0.266 e. The van der Waals surface area contributed by atoms with Gasteiger partial charge in [0.25, 0.3) is 5.91 Å². The minimum Gasteiger partial charge on any atom is -0.490 e. The van der Waals surface area contributed by atoms with Crippen molar-refractivity contribution in [2.45, 2.75) is 20.5 Å². The first kappa shape index (κ1) is 26.3. The van der Waals surface area contributed by atoms with Gasteiger partial charge < -0.3 is 14.8 Å². The average molecular weight is 576 g/mol. The first-order chi connectivity index (χ1) is 17.9. The summed E-state index contributed by atoms with van der Waals surface area (Å²) in [4.78, 5) is 12.7. The highest BCUT2D eigenvalue weighted by Crippen LogP contribution is 2.38. The van der Waals surface area contributed by atoms with Crippen LogP contribution in [-0.2, 0) is 11.4 Å². The van der Waals surface area contributed by atoms with Gasteiger partial charge in [-0.1, -0.05) is 63.9 Å². The second-order valence-corrected chi connectivity index (χ2v) is 9.59. The zero-order chi connectivity index (χ0) is 26.4. The molecular weight excluding hydrogens is 552 g/mol. The van der Waals surface area contributed by atoms with Gasteiger partial charge in [0.1, 0.15) is 18.2 Å². The fraction of sp³-hybridized carbons (Fsp3) is 0.133. The van der Waals surface area contributed by atoms with Crippen LogP contribution in [0.5, 0.6) is 11.5 Å². The van der Waals surface area contributed by atoms with Gasteiger partial charge in [0.2, 0.25) is 0 Å². The Morgan fingerprint density at radius 2 is 1.84 bits per heavy atom. The molecule has 0 aliphatic rings. The molecule has 1 amide bonds. The summed E-state index contributed by atoms with van der Waals surface area (Å²) in [6, 6.07) is 24.7. The van der Waals surface area contributed by atoms with Crippen molar-refractivity contribution in [1.82, 2.24) is 0 Å². The Balaban J connectivity index is 1.61. The molecule has 0 aliphatic carbocycles. The highest BCUT2D eigenvalue weighted by molar-refractivity contribution is 9.10. The number of anilines is 1. The molecule has 0 fully saturated rings. The van der Waals surface area contributed by atoms with Crippen LogP contribution in [0.25, 0.3) is 16.8 Å². The zero-order valence-electron chi connectivity index (χ0n) is 20.3. The van der Waals surface area contributed by atoms with Crippen molar-refractivity contribution in [2.24, 2.45) is 0 Å². The fourth-order valence-corrected chi connectivity index (χ4v) is 4.44. The molecule has 4 aromatic rings. The highest BCUT2D eigenvalue weighted by atomic mass is 79.9. The van der Waals surface area contributed by atoms with Crippen LogP contribution in [0.3, 0.4) is 0 Å². The number of fused-ring (bicyclic) bond motifs is 1. The maximum absolute atomic E-state index is 12.7. The lowest BCUT2D eigenvalue weighted by Gasteiger charge is -2.16. The number of carbonyl (C=O) groups is 1. The molecule has 7 heteroatoms. The smallest absolute Gasteiger partial charge is 0.266 e. The number of hydrogen-bond donors (Lipinski definition) is 1. The SMILES string of the molecule is CCOc1cc(/C=C(\C#N)C(=O)Nc2ccc(Br)cc2)cc(Cl)c1OCc1c(C)ccc2ccccc12. The van der Waals surface area contributed by atoms with E-state index in [9.17, 15) is 10.1 Å². The molecule has 4 aromatic carbocycles. The molecular formula is C30H24BrClN2O3. The topological polar surface area (TPSA) is 71.3 Å². The third kappa shape index (κ3) is 6.32. The van der Waals surface area contributed by atoms with Gasteiger partial charge in [-0.2, -0.15) is 5.26 Å². The van der Waals surface area contributed by atoms with E-state index in [-0.39, 0.29) is 5.57 Å². The molecule has 0 unspecified atom stereocenters. The third-order valence-electron chi connectivity index (χ3n) is 5.75. The van der Waals surface area contributed by atoms with E-state index in [4.69, 9.17) is 21.1 Å². The molecule has 0 aromatic heterocycles. The lowest BCUT2D eigenvalue weighted by Crippen LogP contribution is -2.13. The molecule has 0 bridgehead atoms. The summed E-state index contributed by atoms with van der Waals surface area (Å²) < 4.78 is 12.9. The molecule has 0 saturated heterocycles. The molecule has 4 rings (SSSR count). The monoisotopic (exact) mass is 574 g/mol. The van der Waals surface area contributed by atoms with Crippen molar-refractivity contribution < 1.29 is 14.3 Å². The first-order valence-electron chi connectivity index (χ1n) is 11.6. The number of nitrogens with one attached hydrogen (secondary N) is 1. The third-order valence-corrected chi connectivity index (χ3v) is 6.55. The summed E-state index contributed by atoms with van der Waals surface area (Å²) in [6.07, 6.45) is 1.47. The number of benzene rings is 4. The minimum atomic E-state index is -0.523. The van der Waals surface area contributed by atoms with Crippen LogP contribution >= 0.6 is 27.5 Å². The van der Waals surface area contributed by atoms with Gasteiger partial charge in [0.05, 0.1) is 11.6 Å². The van der Waals surface area contributed by atoms with Gasteiger partial charge in [0, 0.05) is 15.7 Å². The highest BCUT2D eigenvalue weighted by Gasteiger charge is 2.16. The molecule has 0 spiro atoms. The van der Waals surface area contributed by atoms with Crippen LogP contribution in [-0.4, -0.2) is 12.5 Å². The number of nitrogens with zero attached hydrogens (tertiary/aromatic N) is 1. The molecule has 0 heterocycles. The number of nitriles is 1. The molecule has 0 radical (unpaired) electrons. The second-order valence-electron chi connectivity index (χ2n) is 8.26. The summed E-state index contributed by atoms with van der Waals surface area (Å²) in [5, 5.41) is 14.9. The fourth-order valence-electron chi connectivity index (χ4n) is 3.90. The Morgan fingerprint density at radius 3 is 2.57 bits per heavy atom. The average Bonchev–Trinajstić information content (AvgIpc) is 2.89. The van der Waals surface area contributed by atoms with Crippen molar-refractivity contribution in [2.75, 3.05) is 11.9 Å². The van der Waals surface area contributed by atoms with Crippen molar-refractivity contribution in [3.05, 3.63) is 105 Å². The van der Waals surface area contributed by atoms with Crippen LogP contribution in [0.2, 0.25) is 5.02 Å². The van der Waals surface area contributed by atoms with Crippen molar-refractivity contribution >= 4 is 56.0 Å². The number of aryl methyl sites for hydroxylation is 1. The Hall–Kier alpha value is -3.79. The standard InChI is InChI=1S/C30H24BrClN2O3/c1-3-36-28-16-20(14-22(17-33)30(35)34-24-12-10-23(31)11-13-24)15-27(32)29(28)37-18-26-19(2)8-9-21-6-4-5-7-25(21)26/h4-16H,3,18H2,1-2H3,(H,34,35)/b22-14+. The predicted octanol–water partition coefficient (Wildman–Crippen LogP) is 8.09. The number of ether oxygens (including phenoxy) is 2. The predicted molar refractivity (Wildman–Crippen MR) is 152 cm³/mol. The summed E-state index contributed by atoms with van der Waals surface area (Å²) in [5.74, 6) is 0.321. The van der Waals surface area contributed by atoms with Gasteiger partial charge >= 0.3 is 0 Å². The van der Waals surface area contributed by atoms with Gasteiger partial charge in [0.15, 0.2) is 11.5 Å². The Morgan fingerprint density at radius 1 is 1.08 bits per heavy atom. The number of halogens is 2. The normalized spacial score (nSPS) is 11.2. The van der Waals surface area contributed by atoms with Crippen LogP contribution in [0.15, 0.2) is 82.8 Å². The van der Waals surface area contributed by atoms with Crippen LogP contribution in [0, 0.1) is 18.3 Å². The maximum atomic E-state index is 12.7. The van der Waals surface area contributed by atoms with Gasteiger partial charge in [-0.25, -0.2) is 0 Å². The van der Waals surface area contributed by atoms with E-state index < -0.39 is 5.91 Å². The molecule has 1 N–H and O–H groups in total. The molecule has 37 heavy (non-hydrogen) atoms. The molecule has 0 aliphatic heterocycles. The Labute approximate surface area is 229 Å². The summed E-state index contributed by atoms with van der Waals surface area (Å²) in [6.45, 7) is 4.61. The quantitative estimate of drug-likeness (QED) is 0.170. The number of carbonyl (C=O) groups excluding carboxylic acids is 1. The molecule has 186 valence electrons. The van der Waals surface area contributed by atoms with E-state index in [2.05, 4.69) is 45.5 Å². The van der Waals surface area contributed by atoms with Crippen molar-refractivity contribution in [3.8, 4) is 17.6 Å². The van der Waals surface area contributed by atoms with Crippen LogP contribution < -0.4 is 14.8 Å². The van der Waals surface area contributed by atoms with E-state index >= 15 is 0 Å². The van der Waals surface area contributed by atoms with E-state index in [1.165, 1.54) is 6.08 Å². The number of hydrogen-bond acceptors (Lipinski definition) is 4. The van der Waals surface area contributed by atoms with E-state index in [1.807, 2.05) is 32.0 Å². The molecule has 5 nitrogen and oxygen atoms in total. The molecule has 0 saturated carbocycles. The van der Waals surface area contributed by atoms with E-state index in [0.717, 1.165) is 26.4 Å². The lowest BCUT2D eigenvalue weighted by atomic mass is 10.0. The summed E-state index contributed by atoms with van der Waals surface area (Å²) in [5.41, 5.74) is 3.24.